The molecule has 4 aromatic rings. The molecule has 45 heavy (non-hydrogen) atoms. The van der Waals surface area contributed by atoms with Gasteiger partial charge in [-0.2, -0.15) is 9.97 Å². The molecule has 6 heterocycles. The maximum atomic E-state index is 17.1. The molecule has 7 nitrogen and oxygen atoms in total. The van der Waals surface area contributed by atoms with Crippen LogP contribution in [0.2, 0.25) is 0 Å². The number of aromatic nitrogens is 3. The van der Waals surface area contributed by atoms with Gasteiger partial charge in [0.05, 0.1) is 16.6 Å². The van der Waals surface area contributed by atoms with Crippen LogP contribution in [0.5, 0.6) is 6.01 Å². The summed E-state index contributed by atoms with van der Waals surface area (Å²) in [7, 11) is 0. The number of ether oxygens (including phenoxy) is 1. The van der Waals surface area contributed by atoms with Gasteiger partial charge in [-0.1, -0.05) is 38.1 Å². The summed E-state index contributed by atoms with van der Waals surface area (Å²) in [5, 5.41) is 5.74. The van der Waals surface area contributed by atoms with Gasteiger partial charge in [-0.25, -0.2) is 18.2 Å². The van der Waals surface area contributed by atoms with Crippen molar-refractivity contribution in [2.24, 2.45) is 0 Å². The molecule has 2 aromatic carbocycles. The van der Waals surface area contributed by atoms with Gasteiger partial charge in [0.1, 0.15) is 35.6 Å². The monoisotopic (exact) mass is 616 g/mol. The lowest BCUT2D eigenvalue weighted by molar-refractivity contribution is 0.107. The summed E-state index contributed by atoms with van der Waals surface area (Å²) in [5.74, 6) is -0.278. The second kappa shape index (κ2) is 10.8. The Hall–Kier alpha value is -3.50. The molecule has 3 fully saturated rings. The number of anilines is 1. The van der Waals surface area contributed by atoms with Crippen LogP contribution in [-0.2, 0) is 0 Å². The largest absolute Gasteiger partial charge is 0.461 e. The number of halogens is 3. The number of hydrogen-bond donors (Lipinski definition) is 1. The Morgan fingerprint density at radius 1 is 1.09 bits per heavy atom. The Labute approximate surface area is 261 Å². The van der Waals surface area contributed by atoms with Gasteiger partial charge >= 0.3 is 6.01 Å². The highest BCUT2D eigenvalue weighted by Crippen LogP contribution is 2.45. The standard InChI is InChI=1S/C35H39F3N6O/c1-4-23-17-44-24(15-39-23)13-19(2)30-28-32(29(38)31(40-30)25-8-5-7-21-9-10-26(37)20(3)27(21)25)41-34(42-33(28)44)45-18-35-11-6-12-43(35)16-22(36)14-35/h5,7-10,19,22-24,39H,4,6,11-18H2,1-3H3/t19-,22+,23+,24+,35-/m0/s1. The number of aryl methyl sites for hydroxylation is 1. The van der Waals surface area contributed by atoms with Gasteiger partial charge in [-0.3, -0.25) is 4.90 Å². The van der Waals surface area contributed by atoms with Gasteiger partial charge in [0.15, 0.2) is 5.82 Å². The van der Waals surface area contributed by atoms with E-state index >= 15 is 4.39 Å². The summed E-state index contributed by atoms with van der Waals surface area (Å²) < 4.78 is 52.8. The molecule has 4 aliphatic heterocycles. The third-order valence-electron chi connectivity index (χ3n) is 10.9. The molecule has 1 N–H and O–H groups in total. The minimum absolute atomic E-state index is 0.00494. The quantitative estimate of drug-likeness (QED) is 0.277. The molecule has 0 radical (unpaired) electrons. The third kappa shape index (κ3) is 4.58. The summed E-state index contributed by atoms with van der Waals surface area (Å²) in [5.41, 5.74) is 1.66. The van der Waals surface area contributed by atoms with Crippen molar-refractivity contribution in [2.75, 3.05) is 37.7 Å². The Morgan fingerprint density at radius 3 is 2.80 bits per heavy atom. The van der Waals surface area contributed by atoms with E-state index in [2.05, 4.69) is 29.0 Å². The fourth-order valence-corrected chi connectivity index (χ4v) is 8.48. The van der Waals surface area contributed by atoms with E-state index in [1.807, 2.05) is 12.1 Å². The van der Waals surface area contributed by atoms with Crippen molar-refractivity contribution in [1.82, 2.24) is 25.2 Å². The maximum Gasteiger partial charge on any atom is 0.319 e. The van der Waals surface area contributed by atoms with E-state index in [0.29, 0.717) is 40.7 Å². The number of pyridine rings is 1. The lowest BCUT2D eigenvalue weighted by atomic mass is 9.93. The van der Waals surface area contributed by atoms with E-state index < -0.39 is 12.0 Å². The van der Waals surface area contributed by atoms with Gasteiger partial charge in [0.2, 0.25) is 0 Å². The van der Waals surface area contributed by atoms with Crippen LogP contribution in [0, 0.1) is 18.6 Å². The third-order valence-corrected chi connectivity index (χ3v) is 10.9. The predicted octanol–water partition coefficient (Wildman–Crippen LogP) is 6.45. The number of piperazine rings is 1. The highest BCUT2D eigenvalue weighted by molar-refractivity contribution is 6.01. The maximum absolute atomic E-state index is 17.1. The number of benzene rings is 2. The first-order valence-corrected chi connectivity index (χ1v) is 16.4. The predicted molar refractivity (Wildman–Crippen MR) is 170 cm³/mol. The zero-order valence-electron chi connectivity index (χ0n) is 26.0. The first-order valence-electron chi connectivity index (χ1n) is 16.4. The van der Waals surface area contributed by atoms with Gasteiger partial charge in [0.25, 0.3) is 0 Å². The lowest BCUT2D eigenvalue weighted by Crippen LogP contribution is -2.56. The van der Waals surface area contributed by atoms with E-state index in [9.17, 15) is 8.78 Å². The molecular weight excluding hydrogens is 577 g/mol. The van der Waals surface area contributed by atoms with Crippen LogP contribution >= 0.6 is 0 Å². The van der Waals surface area contributed by atoms with Gasteiger partial charge in [-0.15, -0.1) is 0 Å². The van der Waals surface area contributed by atoms with Gasteiger partial charge < -0.3 is 15.0 Å². The van der Waals surface area contributed by atoms with Crippen molar-refractivity contribution in [3.05, 3.63) is 53.2 Å². The van der Waals surface area contributed by atoms with E-state index in [1.54, 1.807) is 19.1 Å². The van der Waals surface area contributed by atoms with E-state index in [4.69, 9.17) is 19.7 Å². The van der Waals surface area contributed by atoms with E-state index in [-0.39, 0.29) is 53.2 Å². The second-order valence-corrected chi connectivity index (χ2v) is 13.6. The molecular formula is C35H39F3N6O. The molecule has 8 rings (SSSR count). The van der Waals surface area contributed by atoms with Gasteiger partial charge in [-0.05, 0) is 61.6 Å². The summed E-state index contributed by atoms with van der Waals surface area (Å²) in [6.45, 7) is 9.04. The zero-order chi connectivity index (χ0) is 31.0. The van der Waals surface area contributed by atoms with Crippen molar-refractivity contribution in [3.8, 4) is 17.3 Å². The van der Waals surface area contributed by atoms with Crippen LogP contribution in [0.1, 0.15) is 63.1 Å². The summed E-state index contributed by atoms with van der Waals surface area (Å²) in [6, 6.07) is 9.22. The number of alkyl halides is 1. The van der Waals surface area contributed by atoms with Crippen molar-refractivity contribution in [2.45, 2.75) is 82.6 Å². The van der Waals surface area contributed by atoms with Crippen molar-refractivity contribution in [3.63, 3.8) is 0 Å². The number of rotatable bonds is 5. The molecule has 10 heteroatoms. The number of fused-ring (bicyclic) bond motifs is 4. The molecule has 3 saturated heterocycles. The average molecular weight is 617 g/mol. The molecule has 0 aliphatic carbocycles. The Kier molecular flexibility index (Phi) is 6.94. The van der Waals surface area contributed by atoms with Gasteiger partial charge in [0, 0.05) is 49.6 Å². The number of nitrogens with one attached hydrogen (secondary N) is 1. The topological polar surface area (TPSA) is 66.4 Å². The summed E-state index contributed by atoms with van der Waals surface area (Å²) in [4.78, 5) is 19.3. The number of nitrogens with zero attached hydrogens (tertiary/aromatic N) is 5. The minimum atomic E-state index is -0.882. The van der Waals surface area contributed by atoms with Crippen LogP contribution in [0.15, 0.2) is 30.3 Å². The first-order chi connectivity index (χ1) is 21.8. The van der Waals surface area contributed by atoms with Crippen LogP contribution < -0.4 is 15.0 Å². The smallest absolute Gasteiger partial charge is 0.319 e. The van der Waals surface area contributed by atoms with E-state index in [1.165, 1.54) is 6.07 Å². The molecule has 0 unspecified atom stereocenters. The fraction of sp³-hybridized carbons (Fsp3) is 0.514. The molecule has 0 amide bonds. The summed E-state index contributed by atoms with van der Waals surface area (Å²) in [6.07, 6.45) is 3.15. The molecule has 4 aliphatic rings. The van der Waals surface area contributed by atoms with Crippen LogP contribution in [-0.4, -0.2) is 76.4 Å². The SMILES string of the molecule is CC[C@@H]1CN2c3nc(OC[C@@]45CCCN4C[C@H](F)C5)nc4c(F)c(-c5cccc6ccc(F)c(C)c56)nc(c34)[C@@H](C)C[C@@H]2CN1. The number of hydrogen-bond acceptors (Lipinski definition) is 7. The minimum Gasteiger partial charge on any atom is -0.461 e. The Morgan fingerprint density at radius 2 is 1.96 bits per heavy atom. The van der Waals surface area contributed by atoms with Crippen molar-refractivity contribution in [1.29, 1.82) is 0 Å². The zero-order valence-corrected chi connectivity index (χ0v) is 26.0. The summed E-state index contributed by atoms with van der Waals surface area (Å²) >= 11 is 0. The lowest BCUT2D eigenvalue weighted by Gasteiger charge is -2.41. The van der Waals surface area contributed by atoms with Crippen molar-refractivity contribution < 1.29 is 17.9 Å². The molecule has 0 spiro atoms. The molecule has 0 saturated carbocycles. The molecule has 5 atom stereocenters. The Balaban J connectivity index is 1.33. The highest BCUT2D eigenvalue weighted by Gasteiger charge is 2.49. The van der Waals surface area contributed by atoms with Crippen molar-refractivity contribution >= 4 is 27.5 Å². The van der Waals surface area contributed by atoms with E-state index in [0.717, 1.165) is 56.4 Å². The fourth-order valence-electron chi connectivity index (χ4n) is 8.48. The molecule has 0 bridgehead atoms. The second-order valence-electron chi connectivity index (χ2n) is 13.6. The van der Waals surface area contributed by atoms with Crippen LogP contribution in [0.4, 0.5) is 19.0 Å². The normalized spacial score (nSPS) is 28.0. The first kappa shape index (κ1) is 28.9. The van der Waals surface area contributed by atoms with Crippen LogP contribution in [0.25, 0.3) is 32.9 Å². The molecule has 2 aromatic heterocycles. The van der Waals surface area contributed by atoms with Crippen LogP contribution in [0.3, 0.4) is 0 Å². The molecule has 236 valence electrons. The highest BCUT2D eigenvalue weighted by atomic mass is 19.1. The average Bonchev–Trinajstić information content (AvgIpc) is 3.53. The Bertz CT molecular complexity index is 1820.